The zero-order chi connectivity index (χ0) is 11.6. The van der Waals surface area contributed by atoms with Crippen molar-refractivity contribution in [2.45, 2.75) is 40.5 Å². The van der Waals surface area contributed by atoms with Crippen LogP contribution in [0.3, 0.4) is 0 Å². The first kappa shape index (κ1) is 12.8. The molecule has 0 saturated carbocycles. The molecule has 0 heterocycles. The molecular formula is C14H21Br. The average Bonchev–Trinajstić information content (AvgIpc) is 2.05. The Balaban J connectivity index is 3.05. The van der Waals surface area contributed by atoms with Gasteiger partial charge < -0.3 is 0 Å². The minimum Gasteiger partial charge on any atom is -0.0622 e. The van der Waals surface area contributed by atoms with Gasteiger partial charge in [-0.1, -0.05) is 62.7 Å². The maximum Gasteiger partial charge on any atom is 0.0175 e. The van der Waals surface area contributed by atoms with Crippen molar-refractivity contribution in [3.63, 3.8) is 0 Å². The number of hydrogen-bond acceptors (Lipinski definition) is 0. The van der Waals surface area contributed by atoms with Gasteiger partial charge in [0.05, 0.1) is 0 Å². The summed E-state index contributed by atoms with van der Waals surface area (Å²) in [6.45, 7) is 11.6. The van der Waals surface area contributed by atoms with Gasteiger partial charge in [-0.05, 0) is 34.9 Å². The molecule has 0 spiro atoms. The average molecular weight is 269 g/mol. The molecule has 1 heteroatoms. The summed E-state index contributed by atoms with van der Waals surface area (Å²) in [5.74, 6) is 1.29. The third-order valence-corrected chi connectivity index (χ3v) is 3.36. The van der Waals surface area contributed by atoms with E-state index in [0.29, 0.717) is 17.3 Å². The quantitative estimate of drug-likeness (QED) is 0.689. The standard InChI is InChI=1S/C14H21Br/c1-10(2)13(14(3,4)5)11-6-8-12(15)9-7-11/h6-10,13H,1-5H3. The second kappa shape index (κ2) is 4.69. The monoisotopic (exact) mass is 268 g/mol. The molecule has 0 saturated heterocycles. The van der Waals surface area contributed by atoms with Crippen molar-refractivity contribution in [3.8, 4) is 0 Å². The summed E-state index contributed by atoms with van der Waals surface area (Å²) < 4.78 is 1.16. The van der Waals surface area contributed by atoms with Crippen LogP contribution in [0.5, 0.6) is 0 Å². The molecule has 1 atom stereocenters. The van der Waals surface area contributed by atoms with Crippen molar-refractivity contribution in [2.75, 3.05) is 0 Å². The topological polar surface area (TPSA) is 0 Å². The molecule has 0 fully saturated rings. The molecule has 0 radical (unpaired) electrons. The Hall–Kier alpha value is -0.300. The normalized spacial score (nSPS) is 14.3. The fourth-order valence-corrected chi connectivity index (χ4v) is 2.82. The van der Waals surface area contributed by atoms with E-state index in [2.05, 4.69) is 74.8 Å². The van der Waals surface area contributed by atoms with Crippen LogP contribution in [0.4, 0.5) is 0 Å². The largest absolute Gasteiger partial charge is 0.0622 e. The number of halogens is 1. The molecule has 0 bridgehead atoms. The van der Waals surface area contributed by atoms with Crippen LogP contribution >= 0.6 is 15.9 Å². The molecule has 1 unspecified atom stereocenters. The van der Waals surface area contributed by atoms with Gasteiger partial charge in [-0.2, -0.15) is 0 Å². The lowest BCUT2D eigenvalue weighted by molar-refractivity contribution is 0.258. The Labute approximate surface area is 102 Å². The van der Waals surface area contributed by atoms with Crippen molar-refractivity contribution >= 4 is 15.9 Å². The predicted molar refractivity (Wildman–Crippen MR) is 71.2 cm³/mol. The third kappa shape index (κ3) is 3.34. The Bertz CT molecular complexity index is 303. The molecule has 15 heavy (non-hydrogen) atoms. The van der Waals surface area contributed by atoms with Gasteiger partial charge in [-0.3, -0.25) is 0 Å². The van der Waals surface area contributed by atoms with Gasteiger partial charge in [0.25, 0.3) is 0 Å². The third-order valence-electron chi connectivity index (χ3n) is 2.83. The van der Waals surface area contributed by atoms with Crippen LogP contribution in [0.25, 0.3) is 0 Å². The highest BCUT2D eigenvalue weighted by Gasteiger charge is 2.28. The van der Waals surface area contributed by atoms with Crippen molar-refractivity contribution < 1.29 is 0 Å². The first-order valence-electron chi connectivity index (χ1n) is 5.58. The number of rotatable bonds is 2. The molecule has 0 aliphatic carbocycles. The van der Waals surface area contributed by atoms with Gasteiger partial charge in [0, 0.05) is 4.47 Å². The summed E-state index contributed by atoms with van der Waals surface area (Å²) in [5, 5.41) is 0. The molecule has 0 aliphatic rings. The second-order valence-corrected chi connectivity index (χ2v) is 6.55. The van der Waals surface area contributed by atoms with E-state index < -0.39 is 0 Å². The molecular weight excluding hydrogens is 248 g/mol. The highest BCUT2D eigenvalue weighted by atomic mass is 79.9. The van der Waals surface area contributed by atoms with E-state index in [4.69, 9.17) is 0 Å². The lowest BCUT2D eigenvalue weighted by atomic mass is 9.71. The van der Waals surface area contributed by atoms with Crippen molar-refractivity contribution in [1.29, 1.82) is 0 Å². The van der Waals surface area contributed by atoms with E-state index in [1.165, 1.54) is 5.56 Å². The lowest BCUT2D eigenvalue weighted by Gasteiger charge is -2.34. The fourth-order valence-electron chi connectivity index (χ4n) is 2.56. The van der Waals surface area contributed by atoms with Crippen LogP contribution < -0.4 is 0 Å². The summed E-state index contributed by atoms with van der Waals surface area (Å²) in [7, 11) is 0. The maximum absolute atomic E-state index is 3.48. The van der Waals surface area contributed by atoms with Crippen LogP contribution in [0.2, 0.25) is 0 Å². The fraction of sp³-hybridized carbons (Fsp3) is 0.571. The van der Waals surface area contributed by atoms with Gasteiger partial charge in [-0.25, -0.2) is 0 Å². The summed E-state index contributed by atoms with van der Waals surface area (Å²) >= 11 is 3.48. The minimum absolute atomic E-state index is 0.321. The summed E-state index contributed by atoms with van der Waals surface area (Å²) in [4.78, 5) is 0. The molecule has 84 valence electrons. The Morgan fingerprint density at radius 1 is 1.00 bits per heavy atom. The number of hydrogen-bond donors (Lipinski definition) is 0. The van der Waals surface area contributed by atoms with Crippen LogP contribution in [-0.2, 0) is 0 Å². The van der Waals surface area contributed by atoms with Crippen LogP contribution in [-0.4, -0.2) is 0 Å². The Kier molecular flexibility index (Phi) is 3.99. The van der Waals surface area contributed by atoms with Gasteiger partial charge in [0.15, 0.2) is 0 Å². The Morgan fingerprint density at radius 2 is 1.47 bits per heavy atom. The molecule has 1 aromatic carbocycles. The predicted octanol–water partition coefficient (Wildman–Crippen LogP) is 5.23. The molecule has 0 N–H and O–H groups in total. The van der Waals surface area contributed by atoms with E-state index in [1.807, 2.05) is 0 Å². The second-order valence-electron chi connectivity index (χ2n) is 5.64. The summed E-state index contributed by atoms with van der Waals surface area (Å²) in [6.07, 6.45) is 0. The van der Waals surface area contributed by atoms with E-state index in [9.17, 15) is 0 Å². The maximum atomic E-state index is 3.48. The highest BCUT2D eigenvalue weighted by molar-refractivity contribution is 9.10. The molecule has 1 rings (SSSR count). The minimum atomic E-state index is 0.321. The zero-order valence-corrected chi connectivity index (χ0v) is 11.9. The molecule has 1 aromatic rings. The SMILES string of the molecule is CC(C)C(c1ccc(Br)cc1)C(C)(C)C. The van der Waals surface area contributed by atoms with Gasteiger partial charge in [0.1, 0.15) is 0 Å². The molecule has 0 aromatic heterocycles. The molecule has 0 nitrogen and oxygen atoms in total. The van der Waals surface area contributed by atoms with Crippen LogP contribution in [0.15, 0.2) is 28.7 Å². The van der Waals surface area contributed by atoms with Crippen molar-refractivity contribution in [3.05, 3.63) is 34.3 Å². The summed E-state index contributed by atoms with van der Waals surface area (Å²) in [6, 6.07) is 8.74. The summed E-state index contributed by atoms with van der Waals surface area (Å²) in [5.41, 5.74) is 1.77. The first-order chi connectivity index (χ1) is 6.82. The smallest absolute Gasteiger partial charge is 0.0175 e. The van der Waals surface area contributed by atoms with E-state index >= 15 is 0 Å². The molecule has 0 amide bonds. The van der Waals surface area contributed by atoms with Gasteiger partial charge in [-0.15, -0.1) is 0 Å². The van der Waals surface area contributed by atoms with Crippen LogP contribution in [0.1, 0.15) is 46.1 Å². The first-order valence-corrected chi connectivity index (χ1v) is 6.37. The van der Waals surface area contributed by atoms with Crippen molar-refractivity contribution in [2.24, 2.45) is 11.3 Å². The van der Waals surface area contributed by atoms with E-state index in [1.54, 1.807) is 0 Å². The van der Waals surface area contributed by atoms with Gasteiger partial charge >= 0.3 is 0 Å². The highest BCUT2D eigenvalue weighted by Crippen LogP contribution is 2.40. The van der Waals surface area contributed by atoms with Gasteiger partial charge in [0.2, 0.25) is 0 Å². The molecule has 0 aliphatic heterocycles. The van der Waals surface area contributed by atoms with Crippen LogP contribution in [0, 0.1) is 11.3 Å². The Morgan fingerprint density at radius 3 is 1.80 bits per heavy atom. The van der Waals surface area contributed by atoms with E-state index in [-0.39, 0.29) is 0 Å². The van der Waals surface area contributed by atoms with E-state index in [0.717, 1.165) is 4.47 Å². The van der Waals surface area contributed by atoms with Crippen molar-refractivity contribution in [1.82, 2.24) is 0 Å². The number of benzene rings is 1. The lowest BCUT2D eigenvalue weighted by Crippen LogP contribution is -2.23. The zero-order valence-electron chi connectivity index (χ0n) is 10.3.